The van der Waals surface area contributed by atoms with Gasteiger partial charge in [-0.2, -0.15) is 5.10 Å². The Morgan fingerprint density at radius 3 is 2.88 bits per heavy atom. The van der Waals surface area contributed by atoms with E-state index in [9.17, 15) is 4.79 Å². The first-order valence-corrected chi connectivity index (χ1v) is 9.25. The Morgan fingerprint density at radius 1 is 1.23 bits per heavy atom. The van der Waals surface area contributed by atoms with Crippen LogP contribution in [0, 0.1) is 0 Å². The van der Waals surface area contributed by atoms with Gasteiger partial charge >= 0.3 is 0 Å². The molecule has 0 bridgehead atoms. The van der Waals surface area contributed by atoms with Crippen molar-refractivity contribution in [1.29, 1.82) is 0 Å². The molecule has 1 amide bonds. The molecule has 3 aromatic rings. The van der Waals surface area contributed by atoms with Crippen molar-refractivity contribution in [3.8, 4) is 0 Å². The van der Waals surface area contributed by atoms with Crippen molar-refractivity contribution in [2.24, 2.45) is 0 Å². The molecular weight excluding hydrogens is 324 g/mol. The molecule has 2 aromatic carbocycles. The Kier molecular flexibility index (Phi) is 4.71. The van der Waals surface area contributed by atoms with Crippen LogP contribution in [-0.4, -0.2) is 51.6 Å². The maximum Gasteiger partial charge on any atom is 0.256 e. The van der Waals surface area contributed by atoms with Gasteiger partial charge in [0.25, 0.3) is 5.91 Å². The number of hydrogen-bond acceptors (Lipinski definition) is 3. The van der Waals surface area contributed by atoms with Crippen molar-refractivity contribution in [3.63, 3.8) is 0 Å². The van der Waals surface area contributed by atoms with Gasteiger partial charge in [-0.05, 0) is 25.0 Å². The molecule has 0 radical (unpaired) electrons. The van der Waals surface area contributed by atoms with Gasteiger partial charge in [0.2, 0.25) is 0 Å². The fraction of sp³-hybridized carbons (Fsp3) is 0.333. The zero-order valence-electron chi connectivity index (χ0n) is 15.1. The minimum atomic E-state index is 0.0916. The third-order valence-corrected chi connectivity index (χ3v) is 5.25. The number of fused-ring (bicyclic) bond motifs is 1. The van der Waals surface area contributed by atoms with Crippen molar-refractivity contribution >= 4 is 16.8 Å². The summed E-state index contributed by atoms with van der Waals surface area (Å²) in [5, 5.41) is 8.03. The van der Waals surface area contributed by atoms with Crippen molar-refractivity contribution in [2.45, 2.75) is 25.9 Å². The zero-order chi connectivity index (χ0) is 17.9. The number of likely N-dealkylation sites (tertiary alicyclic amines) is 1. The second-order valence-electron chi connectivity index (χ2n) is 6.89. The maximum absolute atomic E-state index is 13.2. The molecule has 1 N–H and O–H groups in total. The van der Waals surface area contributed by atoms with Gasteiger partial charge < -0.3 is 4.90 Å². The van der Waals surface area contributed by atoms with Crippen molar-refractivity contribution in [2.75, 3.05) is 19.6 Å². The molecule has 0 aliphatic carbocycles. The number of aromatic nitrogens is 2. The Bertz CT molecular complexity index is 889. The highest BCUT2D eigenvalue weighted by atomic mass is 16.2. The summed E-state index contributed by atoms with van der Waals surface area (Å²) in [4.78, 5) is 17.7. The number of hydrogen-bond donors (Lipinski definition) is 1. The largest absolute Gasteiger partial charge is 0.335 e. The first-order valence-electron chi connectivity index (χ1n) is 9.25. The minimum absolute atomic E-state index is 0.0916. The van der Waals surface area contributed by atoms with Crippen LogP contribution in [0.5, 0.6) is 0 Å². The van der Waals surface area contributed by atoms with Crippen LogP contribution in [0.1, 0.15) is 29.3 Å². The van der Waals surface area contributed by atoms with E-state index >= 15 is 0 Å². The smallest absolute Gasteiger partial charge is 0.256 e. The summed E-state index contributed by atoms with van der Waals surface area (Å²) >= 11 is 0. The SMILES string of the molecule is CCN(C(=O)c1cccc2cn[nH]c12)C1CCN(Cc2ccccc2)C1. The highest BCUT2D eigenvalue weighted by Crippen LogP contribution is 2.23. The van der Waals surface area contributed by atoms with Gasteiger partial charge in [0, 0.05) is 37.6 Å². The molecule has 5 heteroatoms. The summed E-state index contributed by atoms with van der Waals surface area (Å²) < 4.78 is 0. The Balaban J connectivity index is 1.49. The van der Waals surface area contributed by atoms with Gasteiger partial charge in [-0.15, -0.1) is 0 Å². The van der Waals surface area contributed by atoms with E-state index in [1.807, 2.05) is 29.2 Å². The molecule has 1 aromatic heterocycles. The monoisotopic (exact) mass is 348 g/mol. The molecule has 1 fully saturated rings. The van der Waals surface area contributed by atoms with Gasteiger partial charge in [0.1, 0.15) is 0 Å². The number of carbonyl (C=O) groups is 1. The van der Waals surface area contributed by atoms with Crippen LogP contribution in [0.15, 0.2) is 54.7 Å². The number of nitrogens with zero attached hydrogens (tertiary/aromatic N) is 3. The van der Waals surface area contributed by atoms with Crippen LogP contribution in [0.2, 0.25) is 0 Å². The molecule has 0 spiro atoms. The molecule has 134 valence electrons. The van der Waals surface area contributed by atoms with Crippen molar-refractivity contribution < 1.29 is 4.79 Å². The molecule has 1 aliphatic rings. The molecule has 2 heterocycles. The van der Waals surface area contributed by atoms with Gasteiger partial charge in [-0.25, -0.2) is 0 Å². The molecule has 1 aliphatic heterocycles. The number of amides is 1. The number of para-hydroxylation sites is 1. The van der Waals surface area contributed by atoms with Gasteiger partial charge in [-0.3, -0.25) is 14.8 Å². The van der Waals surface area contributed by atoms with Gasteiger partial charge in [0.15, 0.2) is 0 Å². The summed E-state index contributed by atoms with van der Waals surface area (Å²) in [5.41, 5.74) is 2.86. The molecule has 4 rings (SSSR count). The third-order valence-electron chi connectivity index (χ3n) is 5.25. The van der Waals surface area contributed by atoms with E-state index in [1.165, 1.54) is 5.56 Å². The Labute approximate surface area is 153 Å². The number of likely N-dealkylation sites (N-methyl/N-ethyl adjacent to an activating group) is 1. The quantitative estimate of drug-likeness (QED) is 0.770. The molecule has 1 saturated heterocycles. The lowest BCUT2D eigenvalue weighted by Crippen LogP contribution is -2.41. The second-order valence-corrected chi connectivity index (χ2v) is 6.89. The lowest BCUT2D eigenvalue weighted by Gasteiger charge is -2.28. The average Bonchev–Trinajstić information content (AvgIpc) is 3.32. The van der Waals surface area contributed by atoms with Crippen LogP contribution in [0.25, 0.3) is 10.9 Å². The first kappa shape index (κ1) is 16.8. The number of benzene rings is 2. The van der Waals surface area contributed by atoms with Crippen molar-refractivity contribution in [3.05, 3.63) is 65.9 Å². The lowest BCUT2D eigenvalue weighted by atomic mass is 10.1. The standard InChI is InChI=1S/C21H24N4O/c1-2-25(21(26)19-10-6-9-17-13-22-23-20(17)19)18-11-12-24(15-18)14-16-7-4-3-5-8-16/h3-10,13,18H,2,11-12,14-15H2,1H3,(H,22,23). The van der Waals surface area contributed by atoms with Gasteiger partial charge in [0.05, 0.1) is 17.3 Å². The van der Waals surface area contributed by atoms with Crippen molar-refractivity contribution in [1.82, 2.24) is 20.0 Å². The van der Waals surface area contributed by atoms with E-state index in [2.05, 4.69) is 46.3 Å². The van der Waals surface area contributed by atoms with Crippen LogP contribution in [0.3, 0.4) is 0 Å². The summed E-state index contributed by atoms with van der Waals surface area (Å²) in [6.45, 7) is 5.67. The van der Waals surface area contributed by atoms with Crippen LogP contribution in [-0.2, 0) is 6.54 Å². The summed E-state index contributed by atoms with van der Waals surface area (Å²) in [6.07, 6.45) is 2.78. The van der Waals surface area contributed by atoms with E-state index in [0.717, 1.165) is 37.0 Å². The lowest BCUT2D eigenvalue weighted by molar-refractivity contribution is 0.0695. The normalized spacial score (nSPS) is 17.7. The fourth-order valence-electron chi connectivity index (χ4n) is 3.92. The fourth-order valence-corrected chi connectivity index (χ4v) is 3.92. The zero-order valence-corrected chi connectivity index (χ0v) is 15.1. The second kappa shape index (κ2) is 7.30. The molecule has 1 atom stereocenters. The van der Waals surface area contributed by atoms with Crippen LogP contribution in [0.4, 0.5) is 0 Å². The highest BCUT2D eigenvalue weighted by Gasteiger charge is 2.31. The predicted molar refractivity (Wildman–Crippen MR) is 103 cm³/mol. The van der Waals surface area contributed by atoms with Gasteiger partial charge in [-0.1, -0.05) is 42.5 Å². The highest BCUT2D eigenvalue weighted by molar-refractivity contribution is 6.05. The predicted octanol–water partition coefficient (Wildman–Crippen LogP) is 3.30. The average molecular weight is 348 g/mol. The van der Waals surface area contributed by atoms with E-state index < -0.39 is 0 Å². The Morgan fingerprint density at radius 2 is 2.08 bits per heavy atom. The summed E-state index contributed by atoms with van der Waals surface area (Å²) in [7, 11) is 0. The number of rotatable bonds is 5. The number of nitrogens with one attached hydrogen (secondary N) is 1. The molecular formula is C21H24N4O. The van der Waals surface area contributed by atoms with E-state index in [-0.39, 0.29) is 11.9 Å². The van der Waals surface area contributed by atoms with Crippen LogP contribution >= 0.6 is 0 Å². The molecule has 26 heavy (non-hydrogen) atoms. The van der Waals surface area contributed by atoms with E-state index in [0.29, 0.717) is 12.1 Å². The number of H-pyrrole nitrogens is 1. The third kappa shape index (κ3) is 3.22. The topological polar surface area (TPSA) is 52.2 Å². The number of aromatic amines is 1. The van der Waals surface area contributed by atoms with E-state index in [4.69, 9.17) is 0 Å². The minimum Gasteiger partial charge on any atom is -0.335 e. The number of carbonyl (C=O) groups excluding carboxylic acids is 1. The summed E-state index contributed by atoms with van der Waals surface area (Å²) in [6, 6.07) is 16.6. The summed E-state index contributed by atoms with van der Waals surface area (Å²) in [5.74, 6) is 0.0916. The maximum atomic E-state index is 13.2. The first-order chi connectivity index (χ1) is 12.8. The van der Waals surface area contributed by atoms with Crippen LogP contribution < -0.4 is 0 Å². The Hall–Kier alpha value is -2.66. The molecule has 5 nitrogen and oxygen atoms in total. The molecule has 1 unspecified atom stereocenters. The molecule has 0 saturated carbocycles. The van der Waals surface area contributed by atoms with E-state index in [1.54, 1.807) is 6.20 Å².